The highest BCUT2D eigenvalue weighted by Crippen LogP contribution is 2.27. The Balaban J connectivity index is 2.06. The van der Waals surface area contributed by atoms with Gasteiger partial charge in [-0.05, 0) is 42.7 Å². The number of nitro groups is 1. The van der Waals surface area contributed by atoms with E-state index in [4.69, 9.17) is 11.6 Å². The molecule has 28 heavy (non-hydrogen) atoms. The number of nitrogens with one attached hydrogen (secondary N) is 2. The van der Waals surface area contributed by atoms with Gasteiger partial charge in [0.15, 0.2) is 0 Å². The quantitative estimate of drug-likeness (QED) is 0.280. The summed E-state index contributed by atoms with van der Waals surface area (Å²) in [4.78, 5) is 22.5. The van der Waals surface area contributed by atoms with Gasteiger partial charge in [0.25, 0.3) is 11.6 Å². The zero-order valence-corrected chi connectivity index (χ0v) is 16.0. The van der Waals surface area contributed by atoms with Gasteiger partial charge in [0.05, 0.1) is 4.92 Å². The molecule has 144 valence electrons. The van der Waals surface area contributed by atoms with Crippen LogP contribution in [0.25, 0.3) is 0 Å². The number of halogens is 1. The van der Waals surface area contributed by atoms with Gasteiger partial charge in [-0.1, -0.05) is 37.1 Å². The second-order valence-corrected chi connectivity index (χ2v) is 6.40. The summed E-state index contributed by atoms with van der Waals surface area (Å²) >= 11 is 5.75. The number of rotatable bonds is 8. The molecule has 1 amide bonds. The highest BCUT2D eigenvalue weighted by atomic mass is 35.5. The third-order valence-corrected chi connectivity index (χ3v) is 4.24. The molecule has 2 aromatic rings. The number of nitro benzene ring substituents is 1. The Morgan fingerprint density at radius 2 is 1.93 bits per heavy atom. The van der Waals surface area contributed by atoms with Crippen LogP contribution in [0.4, 0.5) is 17.1 Å². The SMILES string of the molecule is CCCCc1ccc(N/C=C(/C#N)C(=O)Nc2ccc(Cl)c([N+](=O)[O-])c2)cc1. The molecule has 0 bridgehead atoms. The average Bonchev–Trinajstić information content (AvgIpc) is 2.69. The minimum Gasteiger partial charge on any atom is -0.360 e. The maximum atomic E-state index is 12.3. The molecule has 0 atom stereocenters. The fourth-order valence-corrected chi connectivity index (χ4v) is 2.57. The van der Waals surface area contributed by atoms with Crippen LogP contribution in [-0.4, -0.2) is 10.8 Å². The summed E-state index contributed by atoms with van der Waals surface area (Å²) in [5.41, 5.74) is 1.63. The molecule has 2 rings (SSSR count). The lowest BCUT2D eigenvalue weighted by atomic mass is 10.1. The molecular weight excluding hydrogens is 380 g/mol. The van der Waals surface area contributed by atoms with Crippen LogP contribution in [0.2, 0.25) is 5.02 Å². The van der Waals surface area contributed by atoms with E-state index in [1.54, 1.807) is 0 Å². The fraction of sp³-hybridized carbons (Fsp3) is 0.200. The molecule has 0 fully saturated rings. The zero-order valence-electron chi connectivity index (χ0n) is 15.2. The van der Waals surface area contributed by atoms with Gasteiger partial charge in [0.1, 0.15) is 16.7 Å². The van der Waals surface area contributed by atoms with Crippen molar-refractivity contribution in [1.82, 2.24) is 0 Å². The number of aryl methyl sites for hydroxylation is 1. The second-order valence-electron chi connectivity index (χ2n) is 5.99. The Labute approximate surface area is 167 Å². The van der Waals surface area contributed by atoms with E-state index in [1.165, 1.54) is 23.9 Å². The topological polar surface area (TPSA) is 108 Å². The van der Waals surface area contributed by atoms with Crippen LogP contribution >= 0.6 is 11.6 Å². The molecule has 0 radical (unpaired) electrons. The smallest absolute Gasteiger partial charge is 0.289 e. The van der Waals surface area contributed by atoms with Crippen molar-refractivity contribution in [3.63, 3.8) is 0 Å². The van der Waals surface area contributed by atoms with Gasteiger partial charge in [-0.2, -0.15) is 5.26 Å². The van der Waals surface area contributed by atoms with Crippen LogP contribution in [-0.2, 0) is 11.2 Å². The van der Waals surface area contributed by atoms with Crippen LogP contribution in [0.5, 0.6) is 0 Å². The number of hydrogen-bond acceptors (Lipinski definition) is 5. The van der Waals surface area contributed by atoms with E-state index in [0.29, 0.717) is 0 Å². The van der Waals surface area contributed by atoms with Gasteiger partial charge < -0.3 is 10.6 Å². The molecule has 0 heterocycles. The summed E-state index contributed by atoms with van der Waals surface area (Å²) in [5.74, 6) is -0.689. The Kier molecular flexibility index (Phi) is 7.55. The van der Waals surface area contributed by atoms with Crippen LogP contribution in [0.3, 0.4) is 0 Å². The first-order valence-electron chi connectivity index (χ1n) is 8.65. The van der Waals surface area contributed by atoms with Gasteiger partial charge in [0.2, 0.25) is 0 Å². The third kappa shape index (κ3) is 5.83. The molecular formula is C20H19ClN4O3. The highest BCUT2D eigenvalue weighted by Gasteiger charge is 2.15. The number of nitriles is 1. The first kappa shape index (κ1) is 20.9. The van der Waals surface area contributed by atoms with Crippen molar-refractivity contribution in [3.05, 3.63) is 74.9 Å². The molecule has 0 aliphatic carbocycles. The molecule has 7 nitrogen and oxygen atoms in total. The number of anilines is 2. The standard InChI is InChI=1S/C20H19ClN4O3/c1-2-3-4-14-5-7-16(8-6-14)23-13-15(12-22)20(26)24-17-9-10-18(21)19(11-17)25(27)28/h5-11,13,23H,2-4H2,1H3,(H,24,26)/b15-13-. The number of hydrogen-bond donors (Lipinski definition) is 2. The van der Waals surface area contributed by atoms with Crippen molar-refractivity contribution < 1.29 is 9.72 Å². The fourth-order valence-electron chi connectivity index (χ4n) is 2.38. The second kappa shape index (κ2) is 10.1. The monoisotopic (exact) mass is 398 g/mol. The predicted octanol–water partition coefficient (Wildman–Crippen LogP) is 5.05. The molecule has 0 spiro atoms. The average molecular weight is 399 g/mol. The van der Waals surface area contributed by atoms with Gasteiger partial charge in [0, 0.05) is 23.6 Å². The van der Waals surface area contributed by atoms with E-state index < -0.39 is 10.8 Å². The summed E-state index contributed by atoms with van der Waals surface area (Å²) in [5, 5.41) is 25.5. The van der Waals surface area contributed by atoms with Crippen LogP contribution < -0.4 is 10.6 Å². The van der Waals surface area contributed by atoms with Crippen LogP contribution in [0, 0.1) is 21.4 Å². The van der Waals surface area contributed by atoms with Crippen molar-refractivity contribution in [2.24, 2.45) is 0 Å². The lowest BCUT2D eigenvalue weighted by molar-refractivity contribution is -0.384. The molecule has 2 aromatic carbocycles. The van der Waals surface area contributed by atoms with Crippen LogP contribution in [0.1, 0.15) is 25.3 Å². The first-order chi connectivity index (χ1) is 13.4. The molecule has 8 heteroatoms. The lowest BCUT2D eigenvalue weighted by Crippen LogP contribution is -2.14. The molecule has 0 saturated heterocycles. The van der Waals surface area contributed by atoms with E-state index in [1.807, 2.05) is 30.3 Å². The van der Waals surface area contributed by atoms with Gasteiger partial charge in [-0.3, -0.25) is 14.9 Å². The van der Waals surface area contributed by atoms with Crippen molar-refractivity contribution in [2.45, 2.75) is 26.2 Å². The number of carbonyl (C=O) groups excluding carboxylic acids is 1. The van der Waals surface area contributed by atoms with Crippen molar-refractivity contribution in [1.29, 1.82) is 5.26 Å². The van der Waals surface area contributed by atoms with E-state index in [2.05, 4.69) is 17.6 Å². The molecule has 0 unspecified atom stereocenters. The highest BCUT2D eigenvalue weighted by molar-refractivity contribution is 6.32. The maximum Gasteiger partial charge on any atom is 0.289 e. The molecule has 0 aliphatic heterocycles. The first-order valence-corrected chi connectivity index (χ1v) is 9.03. The summed E-state index contributed by atoms with van der Waals surface area (Å²) in [6.07, 6.45) is 4.54. The molecule has 0 saturated carbocycles. The van der Waals surface area contributed by atoms with E-state index >= 15 is 0 Å². The summed E-state index contributed by atoms with van der Waals surface area (Å²) in [6.45, 7) is 2.14. The predicted molar refractivity (Wildman–Crippen MR) is 109 cm³/mol. The summed E-state index contributed by atoms with van der Waals surface area (Å²) in [6, 6.07) is 13.4. The van der Waals surface area contributed by atoms with Gasteiger partial charge in [-0.25, -0.2) is 0 Å². The van der Waals surface area contributed by atoms with Crippen molar-refractivity contribution in [2.75, 3.05) is 10.6 Å². The number of nitrogens with zero attached hydrogens (tertiary/aromatic N) is 2. The van der Waals surface area contributed by atoms with Gasteiger partial charge >= 0.3 is 0 Å². The lowest BCUT2D eigenvalue weighted by Gasteiger charge is -2.06. The molecule has 0 aliphatic rings. The summed E-state index contributed by atoms with van der Waals surface area (Å²) in [7, 11) is 0. The number of carbonyl (C=O) groups is 1. The van der Waals surface area contributed by atoms with E-state index in [9.17, 15) is 20.2 Å². The maximum absolute atomic E-state index is 12.3. The molecule has 0 aromatic heterocycles. The Bertz CT molecular complexity index is 933. The Morgan fingerprint density at radius 1 is 1.25 bits per heavy atom. The Hall–Kier alpha value is -3.37. The number of amides is 1. The van der Waals surface area contributed by atoms with Crippen molar-refractivity contribution >= 4 is 34.6 Å². The number of benzene rings is 2. The zero-order chi connectivity index (χ0) is 20.5. The normalized spacial score (nSPS) is 10.8. The van der Waals surface area contributed by atoms with E-state index in [0.717, 1.165) is 31.0 Å². The summed E-state index contributed by atoms with van der Waals surface area (Å²) < 4.78 is 0. The number of unbranched alkanes of at least 4 members (excludes halogenated alkanes) is 1. The largest absolute Gasteiger partial charge is 0.360 e. The van der Waals surface area contributed by atoms with Gasteiger partial charge in [-0.15, -0.1) is 0 Å². The molecule has 2 N–H and O–H groups in total. The minimum absolute atomic E-state index is 0.0388. The van der Waals surface area contributed by atoms with E-state index in [-0.39, 0.29) is 22.0 Å². The van der Waals surface area contributed by atoms with Crippen LogP contribution in [0.15, 0.2) is 54.2 Å². The third-order valence-electron chi connectivity index (χ3n) is 3.92. The minimum atomic E-state index is -0.689. The Morgan fingerprint density at radius 3 is 2.54 bits per heavy atom. The van der Waals surface area contributed by atoms with Crippen molar-refractivity contribution in [3.8, 4) is 6.07 Å².